The summed E-state index contributed by atoms with van der Waals surface area (Å²) >= 11 is 0. The van der Waals surface area contributed by atoms with Crippen molar-refractivity contribution in [1.29, 1.82) is 0 Å². The molecule has 1 rings (SSSR count). The smallest absolute Gasteiger partial charge is 0.0584 e. The molecule has 15 heavy (non-hydrogen) atoms. The molecule has 0 heterocycles. The molecule has 0 aromatic heterocycles. The summed E-state index contributed by atoms with van der Waals surface area (Å²) in [4.78, 5) is 0. The van der Waals surface area contributed by atoms with Gasteiger partial charge in [0.1, 0.15) is 0 Å². The summed E-state index contributed by atoms with van der Waals surface area (Å²) in [6.07, 6.45) is 2.00. The Morgan fingerprint density at radius 1 is 1.13 bits per heavy atom. The molecule has 0 saturated carbocycles. The van der Waals surface area contributed by atoms with Gasteiger partial charge in [-0.2, -0.15) is 0 Å². The number of aliphatic hydroxyl groups excluding tert-OH is 1. The van der Waals surface area contributed by atoms with Gasteiger partial charge in [0.05, 0.1) is 6.61 Å². The van der Waals surface area contributed by atoms with Gasteiger partial charge in [0.2, 0.25) is 0 Å². The Kier molecular flexibility index (Phi) is 5.37. The van der Waals surface area contributed by atoms with Crippen LogP contribution in [0.3, 0.4) is 0 Å². The lowest BCUT2D eigenvalue weighted by Crippen LogP contribution is -2.34. The number of benzene rings is 1. The minimum absolute atomic E-state index is 0.204. The van der Waals surface area contributed by atoms with E-state index in [0.717, 1.165) is 12.8 Å². The number of hydrogen-bond donors (Lipinski definition) is 2. The molecule has 1 unspecified atom stereocenters. The minimum atomic E-state index is 0.204. The van der Waals surface area contributed by atoms with E-state index in [-0.39, 0.29) is 12.6 Å². The van der Waals surface area contributed by atoms with Crippen LogP contribution in [0.5, 0.6) is 0 Å². The minimum Gasteiger partial charge on any atom is -0.395 e. The standard InChI is InChI=1S/C13H21NO/c1-3-12(10-15)14-13(4-2)11-8-6-5-7-9-11/h5-9,12-15H,3-4,10H2,1-2H3/t12-,13?/m1/s1. The van der Waals surface area contributed by atoms with Crippen LogP contribution in [0.4, 0.5) is 0 Å². The molecule has 84 valence electrons. The van der Waals surface area contributed by atoms with Crippen molar-refractivity contribution in [2.45, 2.75) is 38.8 Å². The average molecular weight is 207 g/mol. The van der Waals surface area contributed by atoms with E-state index in [2.05, 4.69) is 43.4 Å². The molecule has 1 aromatic rings. The first-order valence-electron chi connectivity index (χ1n) is 5.73. The van der Waals surface area contributed by atoms with E-state index in [1.807, 2.05) is 6.07 Å². The van der Waals surface area contributed by atoms with E-state index in [4.69, 9.17) is 5.11 Å². The van der Waals surface area contributed by atoms with Gasteiger partial charge in [-0.25, -0.2) is 0 Å². The highest BCUT2D eigenvalue weighted by molar-refractivity contribution is 5.18. The molecule has 0 radical (unpaired) electrons. The van der Waals surface area contributed by atoms with Crippen molar-refractivity contribution < 1.29 is 5.11 Å². The van der Waals surface area contributed by atoms with Crippen molar-refractivity contribution in [2.24, 2.45) is 0 Å². The Morgan fingerprint density at radius 2 is 1.80 bits per heavy atom. The molecule has 0 aliphatic carbocycles. The molecule has 0 amide bonds. The summed E-state index contributed by atoms with van der Waals surface area (Å²) in [6.45, 7) is 4.46. The number of nitrogens with one attached hydrogen (secondary N) is 1. The van der Waals surface area contributed by atoms with Crippen molar-refractivity contribution in [3.05, 3.63) is 35.9 Å². The zero-order chi connectivity index (χ0) is 11.1. The monoisotopic (exact) mass is 207 g/mol. The highest BCUT2D eigenvalue weighted by atomic mass is 16.3. The molecule has 0 aliphatic heterocycles. The summed E-state index contributed by atoms with van der Waals surface area (Å²) in [6, 6.07) is 11.0. The van der Waals surface area contributed by atoms with Crippen LogP contribution in [-0.2, 0) is 0 Å². The molecular weight excluding hydrogens is 186 g/mol. The van der Waals surface area contributed by atoms with E-state index in [9.17, 15) is 0 Å². The predicted octanol–water partition coefficient (Wildman–Crippen LogP) is 2.50. The van der Waals surface area contributed by atoms with E-state index in [0.29, 0.717) is 6.04 Å². The topological polar surface area (TPSA) is 32.3 Å². The van der Waals surface area contributed by atoms with Gasteiger partial charge in [-0.15, -0.1) is 0 Å². The Morgan fingerprint density at radius 3 is 2.27 bits per heavy atom. The van der Waals surface area contributed by atoms with Gasteiger partial charge in [0.15, 0.2) is 0 Å². The molecule has 0 aliphatic rings. The quantitative estimate of drug-likeness (QED) is 0.751. The van der Waals surface area contributed by atoms with Crippen LogP contribution in [0, 0.1) is 0 Å². The van der Waals surface area contributed by atoms with Crippen LogP contribution in [0.15, 0.2) is 30.3 Å². The lowest BCUT2D eigenvalue weighted by atomic mass is 10.0. The van der Waals surface area contributed by atoms with Crippen molar-refractivity contribution in [1.82, 2.24) is 5.32 Å². The normalized spacial score (nSPS) is 14.9. The van der Waals surface area contributed by atoms with E-state index >= 15 is 0 Å². The van der Waals surface area contributed by atoms with Crippen LogP contribution >= 0.6 is 0 Å². The summed E-state index contributed by atoms with van der Waals surface area (Å²) in [5, 5.41) is 12.6. The number of aliphatic hydroxyl groups is 1. The summed E-state index contributed by atoms with van der Waals surface area (Å²) in [7, 11) is 0. The Bertz CT molecular complexity index is 256. The van der Waals surface area contributed by atoms with Crippen LogP contribution in [0.2, 0.25) is 0 Å². The second-order valence-corrected chi connectivity index (χ2v) is 3.83. The first kappa shape index (κ1) is 12.2. The maximum Gasteiger partial charge on any atom is 0.0584 e. The van der Waals surface area contributed by atoms with Gasteiger partial charge in [0.25, 0.3) is 0 Å². The van der Waals surface area contributed by atoms with Crippen LogP contribution in [0.1, 0.15) is 38.3 Å². The fourth-order valence-corrected chi connectivity index (χ4v) is 1.72. The fourth-order valence-electron chi connectivity index (χ4n) is 1.72. The lowest BCUT2D eigenvalue weighted by Gasteiger charge is -2.23. The molecule has 0 bridgehead atoms. The Hall–Kier alpha value is -0.860. The van der Waals surface area contributed by atoms with Gasteiger partial charge in [-0.3, -0.25) is 0 Å². The summed E-state index contributed by atoms with van der Waals surface area (Å²) in [5.74, 6) is 0. The van der Waals surface area contributed by atoms with Crippen LogP contribution in [0.25, 0.3) is 0 Å². The molecule has 1 aromatic carbocycles. The largest absolute Gasteiger partial charge is 0.395 e. The average Bonchev–Trinajstić information content (AvgIpc) is 2.32. The molecular formula is C13H21NO. The van der Waals surface area contributed by atoms with Gasteiger partial charge in [0, 0.05) is 12.1 Å². The number of hydrogen-bond acceptors (Lipinski definition) is 2. The maximum atomic E-state index is 9.15. The van der Waals surface area contributed by atoms with Crippen molar-refractivity contribution >= 4 is 0 Å². The SMILES string of the molecule is CCC(N[C@H](CC)CO)c1ccccc1. The third-order valence-electron chi connectivity index (χ3n) is 2.76. The van der Waals surface area contributed by atoms with E-state index in [1.165, 1.54) is 5.56 Å². The van der Waals surface area contributed by atoms with Crippen molar-refractivity contribution in [2.75, 3.05) is 6.61 Å². The molecule has 2 nitrogen and oxygen atoms in total. The highest BCUT2D eigenvalue weighted by Gasteiger charge is 2.12. The first-order valence-corrected chi connectivity index (χ1v) is 5.73. The van der Waals surface area contributed by atoms with Gasteiger partial charge < -0.3 is 10.4 Å². The summed E-state index contributed by atoms with van der Waals surface area (Å²) in [5.41, 5.74) is 1.30. The van der Waals surface area contributed by atoms with E-state index in [1.54, 1.807) is 0 Å². The molecule has 2 N–H and O–H groups in total. The zero-order valence-corrected chi connectivity index (χ0v) is 9.61. The second kappa shape index (κ2) is 6.59. The number of rotatable bonds is 6. The lowest BCUT2D eigenvalue weighted by molar-refractivity contribution is 0.226. The van der Waals surface area contributed by atoms with Crippen LogP contribution in [-0.4, -0.2) is 17.8 Å². The van der Waals surface area contributed by atoms with Crippen LogP contribution < -0.4 is 5.32 Å². The van der Waals surface area contributed by atoms with Crippen molar-refractivity contribution in [3.8, 4) is 0 Å². The van der Waals surface area contributed by atoms with Gasteiger partial charge in [-0.05, 0) is 18.4 Å². The highest BCUT2D eigenvalue weighted by Crippen LogP contribution is 2.16. The molecule has 2 heteroatoms. The Balaban J connectivity index is 2.64. The molecule has 0 spiro atoms. The first-order chi connectivity index (χ1) is 7.31. The third-order valence-corrected chi connectivity index (χ3v) is 2.76. The molecule has 0 fully saturated rings. The van der Waals surface area contributed by atoms with Gasteiger partial charge in [-0.1, -0.05) is 44.2 Å². The van der Waals surface area contributed by atoms with Gasteiger partial charge >= 0.3 is 0 Å². The second-order valence-electron chi connectivity index (χ2n) is 3.83. The zero-order valence-electron chi connectivity index (χ0n) is 9.61. The Labute approximate surface area is 92.3 Å². The summed E-state index contributed by atoms with van der Waals surface area (Å²) < 4.78 is 0. The van der Waals surface area contributed by atoms with E-state index < -0.39 is 0 Å². The molecule has 0 saturated heterocycles. The predicted molar refractivity (Wildman–Crippen MR) is 63.8 cm³/mol. The fraction of sp³-hybridized carbons (Fsp3) is 0.538. The third kappa shape index (κ3) is 3.65. The maximum absolute atomic E-state index is 9.15. The molecule has 2 atom stereocenters. The van der Waals surface area contributed by atoms with Crippen molar-refractivity contribution in [3.63, 3.8) is 0 Å².